The zero-order valence-corrected chi connectivity index (χ0v) is 24.2. The maximum Gasteiger partial charge on any atom is 0.261 e. The minimum Gasteiger partial charge on any atom is -0.309 e. The fourth-order valence-electron chi connectivity index (χ4n) is 7.32. The van der Waals surface area contributed by atoms with E-state index in [-0.39, 0.29) is 30.8 Å². The van der Waals surface area contributed by atoms with Crippen molar-refractivity contribution in [3.05, 3.63) is 137 Å². The Morgan fingerprint density at radius 2 is 1.16 bits per heavy atom. The molecule has 3 amide bonds. The standard InChI is InChI=1S/C37H35N3O3/c41-34-30-15-7-8-16-31(30)35(42)40(34)26-25-39-33-18-10-9-17-32(33)37(36(39)43,29-13-5-2-6-14-29)21-24-38-22-19-28(20-23-38)27-11-3-1-4-12-27/h1-18,28H,19-26H2. The van der Waals surface area contributed by atoms with Crippen LogP contribution in [0.1, 0.15) is 62.6 Å². The summed E-state index contributed by atoms with van der Waals surface area (Å²) in [6, 6.07) is 35.8. The molecule has 1 fully saturated rings. The van der Waals surface area contributed by atoms with Gasteiger partial charge in [-0.1, -0.05) is 91.0 Å². The van der Waals surface area contributed by atoms with Crippen LogP contribution in [0.4, 0.5) is 5.69 Å². The van der Waals surface area contributed by atoms with E-state index in [9.17, 15) is 14.4 Å². The van der Waals surface area contributed by atoms with Crippen molar-refractivity contribution >= 4 is 23.4 Å². The number of rotatable bonds is 8. The van der Waals surface area contributed by atoms with Crippen molar-refractivity contribution in [2.75, 3.05) is 37.6 Å². The maximum absolute atomic E-state index is 14.7. The summed E-state index contributed by atoms with van der Waals surface area (Å²) in [4.78, 5) is 46.4. The maximum atomic E-state index is 14.7. The molecule has 3 heterocycles. The van der Waals surface area contributed by atoms with Gasteiger partial charge in [-0.05, 0) is 79.7 Å². The van der Waals surface area contributed by atoms with Crippen molar-refractivity contribution in [1.82, 2.24) is 9.80 Å². The highest BCUT2D eigenvalue weighted by atomic mass is 16.2. The molecule has 216 valence electrons. The van der Waals surface area contributed by atoms with E-state index in [4.69, 9.17) is 0 Å². The second-order valence-electron chi connectivity index (χ2n) is 11.8. The van der Waals surface area contributed by atoms with Crippen LogP contribution in [0.5, 0.6) is 0 Å². The molecule has 1 atom stereocenters. The highest BCUT2D eigenvalue weighted by molar-refractivity contribution is 6.21. The number of carbonyl (C=O) groups excluding carboxylic acids is 3. The number of carbonyl (C=O) groups is 3. The Hall–Kier alpha value is -4.55. The first-order valence-electron chi connectivity index (χ1n) is 15.3. The topological polar surface area (TPSA) is 60.9 Å². The molecular formula is C37H35N3O3. The predicted octanol–water partition coefficient (Wildman–Crippen LogP) is 5.89. The van der Waals surface area contributed by atoms with Gasteiger partial charge < -0.3 is 9.80 Å². The molecule has 6 nitrogen and oxygen atoms in total. The Morgan fingerprint density at radius 1 is 0.605 bits per heavy atom. The zero-order valence-electron chi connectivity index (χ0n) is 24.2. The quantitative estimate of drug-likeness (QED) is 0.249. The number of piperidine rings is 1. The molecule has 0 N–H and O–H groups in total. The number of benzene rings is 4. The molecule has 43 heavy (non-hydrogen) atoms. The Labute approximate surface area is 252 Å². The van der Waals surface area contributed by atoms with Gasteiger partial charge in [-0.3, -0.25) is 19.3 Å². The van der Waals surface area contributed by atoms with Crippen LogP contribution in [0.3, 0.4) is 0 Å². The van der Waals surface area contributed by atoms with Crippen LogP contribution in [-0.4, -0.2) is 60.2 Å². The number of anilines is 1. The molecule has 3 aliphatic heterocycles. The molecular weight excluding hydrogens is 534 g/mol. The first-order chi connectivity index (χ1) is 21.1. The van der Waals surface area contributed by atoms with Crippen molar-refractivity contribution < 1.29 is 14.4 Å². The van der Waals surface area contributed by atoms with E-state index in [1.165, 1.54) is 10.5 Å². The van der Waals surface area contributed by atoms with Crippen LogP contribution >= 0.6 is 0 Å². The first-order valence-corrected chi connectivity index (χ1v) is 15.3. The fourth-order valence-corrected chi connectivity index (χ4v) is 7.32. The van der Waals surface area contributed by atoms with Gasteiger partial charge in [-0.15, -0.1) is 0 Å². The number of likely N-dealkylation sites (tertiary alicyclic amines) is 1. The van der Waals surface area contributed by atoms with E-state index in [0.717, 1.165) is 49.3 Å². The predicted molar refractivity (Wildman–Crippen MR) is 167 cm³/mol. The van der Waals surface area contributed by atoms with E-state index in [1.54, 1.807) is 29.2 Å². The molecule has 6 heteroatoms. The Morgan fingerprint density at radius 3 is 1.84 bits per heavy atom. The van der Waals surface area contributed by atoms with Crippen LogP contribution in [0.15, 0.2) is 109 Å². The molecule has 1 saturated heterocycles. The summed E-state index contributed by atoms with van der Waals surface area (Å²) in [6.45, 7) is 3.21. The van der Waals surface area contributed by atoms with Crippen LogP contribution in [0, 0.1) is 0 Å². The van der Waals surface area contributed by atoms with E-state index < -0.39 is 5.41 Å². The lowest BCUT2D eigenvalue weighted by atomic mass is 9.72. The lowest BCUT2D eigenvalue weighted by Crippen LogP contribution is -2.47. The summed E-state index contributed by atoms with van der Waals surface area (Å²) < 4.78 is 0. The number of imide groups is 1. The van der Waals surface area contributed by atoms with Gasteiger partial charge >= 0.3 is 0 Å². The molecule has 4 aromatic carbocycles. The summed E-state index contributed by atoms with van der Waals surface area (Å²) in [5.74, 6) is -0.00907. The summed E-state index contributed by atoms with van der Waals surface area (Å²) in [5, 5.41) is 0. The van der Waals surface area contributed by atoms with E-state index in [1.807, 2.05) is 36.4 Å². The smallest absolute Gasteiger partial charge is 0.261 e. The summed E-state index contributed by atoms with van der Waals surface area (Å²) in [5.41, 5.74) is 4.26. The van der Waals surface area contributed by atoms with Gasteiger partial charge in [-0.25, -0.2) is 0 Å². The molecule has 0 radical (unpaired) electrons. The molecule has 4 aromatic rings. The molecule has 7 rings (SSSR count). The lowest BCUT2D eigenvalue weighted by molar-refractivity contribution is -0.122. The number of nitrogens with zero attached hydrogens (tertiary/aromatic N) is 3. The molecule has 3 aliphatic rings. The Balaban J connectivity index is 1.14. The molecule has 0 aliphatic carbocycles. The zero-order chi connectivity index (χ0) is 29.4. The van der Waals surface area contributed by atoms with Crippen molar-refractivity contribution in [3.8, 4) is 0 Å². The van der Waals surface area contributed by atoms with Crippen molar-refractivity contribution in [3.63, 3.8) is 0 Å². The lowest BCUT2D eigenvalue weighted by Gasteiger charge is -2.36. The van der Waals surface area contributed by atoms with Gasteiger partial charge in [0.15, 0.2) is 0 Å². The third kappa shape index (κ3) is 4.66. The first kappa shape index (κ1) is 27.3. The van der Waals surface area contributed by atoms with Gasteiger partial charge in [-0.2, -0.15) is 0 Å². The van der Waals surface area contributed by atoms with E-state index in [0.29, 0.717) is 23.5 Å². The number of hydrogen-bond donors (Lipinski definition) is 0. The Kier molecular flexibility index (Phi) is 7.15. The summed E-state index contributed by atoms with van der Waals surface area (Å²) in [6.07, 6.45) is 2.88. The minimum absolute atomic E-state index is 0.00989. The van der Waals surface area contributed by atoms with Gasteiger partial charge in [0, 0.05) is 18.8 Å². The fraction of sp³-hybridized carbons (Fsp3) is 0.270. The van der Waals surface area contributed by atoms with E-state index >= 15 is 0 Å². The van der Waals surface area contributed by atoms with Crippen molar-refractivity contribution in [1.29, 1.82) is 0 Å². The average Bonchev–Trinajstić information content (AvgIpc) is 3.46. The van der Waals surface area contributed by atoms with Crippen LogP contribution < -0.4 is 4.90 Å². The summed E-state index contributed by atoms with van der Waals surface area (Å²) in [7, 11) is 0. The number of hydrogen-bond acceptors (Lipinski definition) is 4. The van der Waals surface area contributed by atoms with E-state index in [2.05, 4.69) is 53.4 Å². The third-order valence-electron chi connectivity index (χ3n) is 9.62. The third-order valence-corrected chi connectivity index (χ3v) is 9.62. The summed E-state index contributed by atoms with van der Waals surface area (Å²) >= 11 is 0. The second-order valence-corrected chi connectivity index (χ2v) is 11.8. The minimum atomic E-state index is -0.837. The van der Waals surface area contributed by atoms with Crippen LogP contribution in [0.2, 0.25) is 0 Å². The van der Waals surface area contributed by atoms with Gasteiger partial charge in [0.25, 0.3) is 11.8 Å². The monoisotopic (exact) mass is 569 g/mol. The number of fused-ring (bicyclic) bond motifs is 2. The van der Waals surface area contributed by atoms with Gasteiger partial charge in [0.2, 0.25) is 5.91 Å². The van der Waals surface area contributed by atoms with Crippen LogP contribution in [-0.2, 0) is 10.2 Å². The molecule has 0 bridgehead atoms. The van der Waals surface area contributed by atoms with Gasteiger partial charge in [0.05, 0.1) is 11.1 Å². The largest absolute Gasteiger partial charge is 0.309 e. The molecule has 0 aromatic heterocycles. The van der Waals surface area contributed by atoms with Crippen molar-refractivity contribution in [2.45, 2.75) is 30.6 Å². The number of amides is 3. The normalized spacial score (nSPS) is 20.5. The highest BCUT2D eigenvalue weighted by Crippen LogP contribution is 2.48. The number of para-hydroxylation sites is 1. The van der Waals surface area contributed by atoms with Crippen LogP contribution in [0.25, 0.3) is 0 Å². The SMILES string of the molecule is O=C1c2ccccc2C(=O)N1CCN1C(=O)C(CCN2CCC(c3ccccc3)CC2)(c2ccccc2)c2ccccc21. The average molecular weight is 570 g/mol. The Bertz CT molecular complexity index is 1630. The molecule has 0 spiro atoms. The highest BCUT2D eigenvalue weighted by Gasteiger charge is 2.52. The van der Waals surface area contributed by atoms with Gasteiger partial charge in [0.1, 0.15) is 5.41 Å². The second kappa shape index (κ2) is 11.3. The van der Waals surface area contributed by atoms with Crippen molar-refractivity contribution in [2.24, 2.45) is 0 Å². The molecule has 0 saturated carbocycles. The molecule has 1 unspecified atom stereocenters.